The highest BCUT2D eigenvalue weighted by atomic mass is 35.5. The Balaban J connectivity index is 0.998. The molecule has 45 heavy (non-hydrogen) atoms. The number of piperazine rings is 1. The lowest BCUT2D eigenvalue weighted by Gasteiger charge is -2.35. The van der Waals surface area contributed by atoms with Crippen LogP contribution in [-0.4, -0.2) is 72.4 Å². The minimum absolute atomic E-state index is 0.0224. The summed E-state index contributed by atoms with van der Waals surface area (Å²) in [5.74, 6) is -0.322. The summed E-state index contributed by atoms with van der Waals surface area (Å²) in [6.07, 6.45) is 4.98. The summed E-state index contributed by atoms with van der Waals surface area (Å²) >= 11 is 12.7. The van der Waals surface area contributed by atoms with Gasteiger partial charge in [0.1, 0.15) is 18.5 Å². The van der Waals surface area contributed by atoms with E-state index in [9.17, 15) is 4.79 Å². The molecule has 0 spiro atoms. The van der Waals surface area contributed by atoms with Gasteiger partial charge in [0.2, 0.25) is 11.7 Å². The van der Waals surface area contributed by atoms with Crippen molar-refractivity contribution < 1.29 is 19.0 Å². The van der Waals surface area contributed by atoms with Crippen LogP contribution in [0.4, 0.5) is 11.4 Å². The minimum Gasteiger partial charge on any atom is -0.491 e. The van der Waals surface area contributed by atoms with Gasteiger partial charge in [-0.15, -0.1) is 0 Å². The van der Waals surface area contributed by atoms with E-state index >= 15 is 0 Å². The summed E-state index contributed by atoms with van der Waals surface area (Å²) in [4.78, 5) is 21.4. The van der Waals surface area contributed by atoms with Gasteiger partial charge in [-0.05, 0) is 61.4 Å². The minimum atomic E-state index is -1.09. The Labute approximate surface area is 273 Å². The molecule has 1 N–H and O–H groups in total. The molecule has 3 heterocycles. The van der Waals surface area contributed by atoms with Gasteiger partial charge in [-0.3, -0.25) is 9.69 Å². The lowest BCUT2D eigenvalue weighted by molar-refractivity contribution is -0.189. The standard InChI is InChI=1S/C34H37Cl2N5O4/c1-24-4-3-5-25(2)33(24)38-32(42)19-39-14-16-41(17-15-39)27-7-9-28(10-8-27)43-20-29-21-44-34(45-29,22-40-13-12-37-23-40)30-11-6-26(35)18-31(30)36/h3-13,18,23,29H,14-17,19-22H2,1-2H3,(H,38,42)/t29-,34-/m1/s1. The average Bonchev–Trinajstić information content (AvgIpc) is 3.69. The fourth-order valence-corrected chi connectivity index (χ4v) is 6.43. The number of halogens is 2. The predicted molar refractivity (Wildman–Crippen MR) is 176 cm³/mol. The molecule has 11 heteroatoms. The molecule has 0 unspecified atom stereocenters. The van der Waals surface area contributed by atoms with E-state index in [4.69, 9.17) is 37.4 Å². The Morgan fingerprint density at radius 3 is 2.49 bits per heavy atom. The van der Waals surface area contributed by atoms with E-state index in [0.29, 0.717) is 41.9 Å². The van der Waals surface area contributed by atoms with E-state index in [0.717, 1.165) is 54.4 Å². The number of hydrogen-bond acceptors (Lipinski definition) is 7. The van der Waals surface area contributed by atoms with E-state index in [-0.39, 0.29) is 12.0 Å². The molecule has 4 aromatic rings. The highest BCUT2D eigenvalue weighted by Gasteiger charge is 2.45. The van der Waals surface area contributed by atoms with Crippen molar-refractivity contribution in [3.05, 3.63) is 106 Å². The van der Waals surface area contributed by atoms with Crippen molar-refractivity contribution in [2.75, 3.05) is 56.2 Å². The number of imidazole rings is 1. The number of nitrogens with zero attached hydrogens (tertiary/aromatic N) is 4. The van der Waals surface area contributed by atoms with Gasteiger partial charge in [-0.1, -0.05) is 47.5 Å². The molecule has 2 saturated heterocycles. The second kappa shape index (κ2) is 13.8. The van der Waals surface area contributed by atoms with Crippen LogP contribution in [0.25, 0.3) is 0 Å². The first-order valence-electron chi connectivity index (χ1n) is 15.1. The zero-order valence-corrected chi connectivity index (χ0v) is 26.9. The van der Waals surface area contributed by atoms with Gasteiger partial charge in [0.25, 0.3) is 0 Å². The summed E-state index contributed by atoms with van der Waals surface area (Å²) in [5, 5.41) is 4.11. The molecule has 2 aliphatic rings. The number of carbonyl (C=O) groups excluding carboxylic acids is 1. The number of hydrogen-bond donors (Lipinski definition) is 1. The highest BCUT2D eigenvalue weighted by Crippen LogP contribution is 2.40. The molecule has 1 amide bonds. The smallest absolute Gasteiger partial charge is 0.238 e. The first-order valence-corrected chi connectivity index (χ1v) is 15.8. The van der Waals surface area contributed by atoms with Crippen LogP contribution < -0.4 is 15.0 Å². The van der Waals surface area contributed by atoms with E-state index in [1.165, 1.54) is 0 Å². The molecule has 236 valence electrons. The van der Waals surface area contributed by atoms with Crippen molar-refractivity contribution >= 4 is 40.5 Å². The molecule has 0 aliphatic carbocycles. The van der Waals surface area contributed by atoms with E-state index in [1.807, 2.05) is 61.0 Å². The number of benzene rings is 3. The highest BCUT2D eigenvalue weighted by molar-refractivity contribution is 6.35. The Kier molecular flexibility index (Phi) is 9.63. The van der Waals surface area contributed by atoms with E-state index < -0.39 is 5.79 Å². The van der Waals surface area contributed by atoms with Gasteiger partial charge < -0.3 is 29.0 Å². The zero-order valence-electron chi connectivity index (χ0n) is 25.4. The van der Waals surface area contributed by atoms with E-state index in [1.54, 1.807) is 24.7 Å². The molecule has 9 nitrogen and oxygen atoms in total. The third-order valence-electron chi connectivity index (χ3n) is 8.27. The monoisotopic (exact) mass is 649 g/mol. The second-order valence-electron chi connectivity index (χ2n) is 11.5. The molecule has 1 aromatic heterocycles. The number of carbonyl (C=O) groups is 1. The predicted octanol–water partition coefficient (Wildman–Crippen LogP) is 5.91. The van der Waals surface area contributed by atoms with Crippen molar-refractivity contribution in [3.63, 3.8) is 0 Å². The Bertz CT molecular complexity index is 1590. The molecule has 2 atom stereocenters. The number of nitrogens with one attached hydrogen (secondary N) is 1. The van der Waals surface area contributed by atoms with Crippen LogP contribution in [0.2, 0.25) is 10.0 Å². The molecule has 3 aromatic carbocycles. The molecule has 2 aliphatic heterocycles. The van der Waals surface area contributed by atoms with E-state index in [2.05, 4.69) is 32.2 Å². The fraction of sp³-hybridized carbons (Fsp3) is 0.353. The van der Waals surface area contributed by atoms with Crippen LogP contribution in [-0.2, 0) is 26.6 Å². The van der Waals surface area contributed by atoms with Gasteiger partial charge in [0, 0.05) is 60.5 Å². The van der Waals surface area contributed by atoms with Gasteiger partial charge in [0.05, 0.1) is 31.0 Å². The average molecular weight is 651 g/mol. The molecular weight excluding hydrogens is 613 g/mol. The summed E-state index contributed by atoms with van der Waals surface area (Å²) < 4.78 is 20.8. The van der Waals surface area contributed by atoms with Crippen LogP contribution in [0.3, 0.4) is 0 Å². The topological polar surface area (TPSA) is 81.1 Å². The Hall–Kier alpha value is -3.60. The largest absolute Gasteiger partial charge is 0.491 e. The van der Waals surface area contributed by atoms with Crippen LogP contribution in [0.1, 0.15) is 16.7 Å². The van der Waals surface area contributed by atoms with Crippen LogP contribution in [0.5, 0.6) is 5.75 Å². The number of para-hydroxylation sites is 1. The molecule has 6 rings (SSSR count). The number of aromatic nitrogens is 2. The summed E-state index contributed by atoms with van der Waals surface area (Å²) in [5.41, 5.74) is 4.89. The van der Waals surface area contributed by atoms with Crippen LogP contribution in [0.15, 0.2) is 79.4 Å². The van der Waals surface area contributed by atoms with Crippen molar-refractivity contribution in [2.24, 2.45) is 0 Å². The summed E-state index contributed by atoms with van der Waals surface area (Å²) in [6, 6.07) is 19.4. The zero-order chi connectivity index (χ0) is 31.4. The summed E-state index contributed by atoms with van der Waals surface area (Å²) in [6.45, 7) is 8.78. The number of ether oxygens (including phenoxy) is 3. The van der Waals surface area contributed by atoms with Crippen LogP contribution in [0, 0.1) is 13.8 Å². The third-order valence-corrected chi connectivity index (χ3v) is 8.82. The summed E-state index contributed by atoms with van der Waals surface area (Å²) in [7, 11) is 0. The number of rotatable bonds is 10. The molecule has 0 radical (unpaired) electrons. The van der Waals surface area contributed by atoms with Gasteiger partial charge in [-0.25, -0.2) is 4.98 Å². The van der Waals surface area contributed by atoms with Crippen molar-refractivity contribution in [1.29, 1.82) is 0 Å². The Morgan fingerprint density at radius 1 is 1.04 bits per heavy atom. The van der Waals surface area contributed by atoms with Crippen LogP contribution >= 0.6 is 23.2 Å². The van der Waals surface area contributed by atoms with Gasteiger partial charge >= 0.3 is 0 Å². The molecule has 0 bridgehead atoms. The molecular formula is C34H37Cl2N5O4. The van der Waals surface area contributed by atoms with Crippen molar-refractivity contribution in [3.8, 4) is 5.75 Å². The third kappa shape index (κ3) is 7.45. The number of aryl methyl sites for hydroxylation is 2. The maximum atomic E-state index is 12.7. The normalized spacial score (nSPS) is 20.4. The maximum Gasteiger partial charge on any atom is 0.238 e. The van der Waals surface area contributed by atoms with Crippen molar-refractivity contribution in [1.82, 2.24) is 14.5 Å². The lowest BCUT2D eigenvalue weighted by atomic mass is 10.1. The first kappa shape index (κ1) is 31.4. The van der Waals surface area contributed by atoms with Gasteiger partial charge in [-0.2, -0.15) is 0 Å². The van der Waals surface area contributed by atoms with Gasteiger partial charge in [0.15, 0.2) is 0 Å². The lowest BCUT2D eigenvalue weighted by Crippen LogP contribution is -2.48. The molecule has 2 fully saturated rings. The molecule has 0 saturated carbocycles. The fourth-order valence-electron chi connectivity index (χ4n) is 5.88. The Morgan fingerprint density at radius 2 is 1.80 bits per heavy atom. The number of anilines is 2. The first-order chi connectivity index (χ1) is 21.8. The maximum absolute atomic E-state index is 12.7. The number of amides is 1. The quantitative estimate of drug-likeness (QED) is 0.229. The SMILES string of the molecule is Cc1cccc(C)c1NC(=O)CN1CCN(c2ccc(OC[C@@H]3CO[C@@](Cn4ccnc4)(c4ccc(Cl)cc4Cl)O3)cc2)CC1. The van der Waals surface area contributed by atoms with Crippen molar-refractivity contribution in [2.45, 2.75) is 32.3 Å². The second-order valence-corrected chi connectivity index (χ2v) is 12.4.